The van der Waals surface area contributed by atoms with Gasteiger partial charge in [0.1, 0.15) is 11.4 Å². The van der Waals surface area contributed by atoms with E-state index in [0.29, 0.717) is 17.2 Å². The minimum Gasteiger partial charge on any atom is -0.475 e. The van der Waals surface area contributed by atoms with Crippen molar-refractivity contribution in [2.24, 2.45) is 5.92 Å². The highest BCUT2D eigenvalue weighted by Crippen LogP contribution is 2.64. The van der Waals surface area contributed by atoms with E-state index in [9.17, 15) is 13.6 Å². The number of rotatable bonds is 7. The third kappa shape index (κ3) is 3.14. The number of nitrogens with zero attached hydrogens (tertiary/aromatic N) is 4. The molecule has 3 aromatic heterocycles. The summed E-state index contributed by atoms with van der Waals surface area (Å²) in [4.78, 5) is 25.8. The Labute approximate surface area is 172 Å². The standard InChI is InChI=1S/C22H22F2N4O2/c1-12(2)30-20-14(6-17(29)15-4-3-5-16(25-15)19(23)24)10-28-11-18(26-21(28)27-20)22-7-13(8-22)9-22/h3-5,10-13,19H,6-9H2,1-2H3. The first-order valence-corrected chi connectivity index (χ1v) is 10.2. The molecule has 0 radical (unpaired) electrons. The number of Topliss-reactive ketones (excluding diaryl/α,β-unsaturated/α-hetero) is 1. The summed E-state index contributed by atoms with van der Waals surface area (Å²) < 4.78 is 33.6. The van der Waals surface area contributed by atoms with E-state index in [4.69, 9.17) is 9.72 Å². The van der Waals surface area contributed by atoms with Crippen molar-refractivity contribution < 1.29 is 18.3 Å². The molecule has 6 nitrogen and oxygen atoms in total. The maximum atomic E-state index is 12.9. The molecule has 3 aliphatic rings. The largest absolute Gasteiger partial charge is 0.475 e. The molecular weight excluding hydrogens is 390 g/mol. The molecule has 0 aromatic carbocycles. The van der Waals surface area contributed by atoms with Crippen LogP contribution in [0.4, 0.5) is 8.78 Å². The number of pyridine rings is 1. The fourth-order valence-electron chi connectivity index (χ4n) is 4.43. The number of alkyl halides is 2. The first kappa shape index (κ1) is 19.1. The Hall–Kier alpha value is -2.90. The number of ether oxygens (including phenoxy) is 1. The Balaban J connectivity index is 1.48. The average molecular weight is 412 g/mol. The molecular formula is C22H22F2N4O2. The van der Waals surface area contributed by atoms with Gasteiger partial charge >= 0.3 is 0 Å². The van der Waals surface area contributed by atoms with Crippen molar-refractivity contribution in [2.75, 3.05) is 0 Å². The molecule has 3 saturated carbocycles. The van der Waals surface area contributed by atoms with Crippen molar-refractivity contribution in [3.63, 3.8) is 0 Å². The van der Waals surface area contributed by atoms with Crippen LogP contribution in [-0.4, -0.2) is 31.2 Å². The molecule has 30 heavy (non-hydrogen) atoms. The summed E-state index contributed by atoms with van der Waals surface area (Å²) in [5, 5.41) is 0. The van der Waals surface area contributed by atoms with Crippen molar-refractivity contribution in [1.82, 2.24) is 19.4 Å². The molecule has 3 heterocycles. The van der Waals surface area contributed by atoms with E-state index in [1.165, 1.54) is 37.5 Å². The molecule has 3 aliphatic carbocycles. The van der Waals surface area contributed by atoms with Gasteiger partial charge in [0.25, 0.3) is 6.43 Å². The van der Waals surface area contributed by atoms with Gasteiger partial charge in [0.2, 0.25) is 11.7 Å². The quantitative estimate of drug-likeness (QED) is 0.541. The molecule has 0 amide bonds. The summed E-state index contributed by atoms with van der Waals surface area (Å²) >= 11 is 0. The molecule has 0 unspecified atom stereocenters. The van der Waals surface area contributed by atoms with Crippen molar-refractivity contribution >= 4 is 11.6 Å². The van der Waals surface area contributed by atoms with E-state index < -0.39 is 12.1 Å². The van der Waals surface area contributed by atoms with Crippen LogP contribution in [0.5, 0.6) is 5.88 Å². The molecule has 0 atom stereocenters. The Morgan fingerprint density at radius 2 is 1.97 bits per heavy atom. The number of ketones is 1. The normalized spacial score (nSPS) is 22.3. The molecule has 3 aromatic rings. The summed E-state index contributed by atoms with van der Waals surface area (Å²) in [5.41, 5.74) is 1.41. The number of aromatic nitrogens is 4. The van der Waals surface area contributed by atoms with E-state index in [1.807, 2.05) is 24.4 Å². The number of fused-ring (bicyclic) bond motifs is 1. The lowest BCUT2D eigenvalue weighted by molar-refractivity contribution is -0.0304. The second-order valence-electron chi connectivity index (χ2n) is 8.68. The molecule has 0 spiro atoms. The molecule has 0 saturated heterocycles. The van der Waals surface area contributed by atoms with Gasteiger partial charge in [-0.15, -0.1) is 0 Å². The lowest BCUT2D eigenvalue weighted by Gasteiger charge is -2.60. The smallest absolute Gasteiger partial charge is 0.280 e. The van der Waals surface area contributed by atoms with Gasteiger partial charge in [-0.25, -0.2) is 18.7 Å². The van der Waals surface area contributed by atoms with Gasteiger partial charge in [-0.3, -0.25) is 9.20 Å². The summed E-state index contributed by atoms with van der Waals surface area (Å²) in [6, 6.07) is 4.07. The lowest BCUT2D eigenvalue weighted by Crippen LogP contribution is -2.55. The molecule has 2 bridgehead atoms. The van der Waals surface area contributed by atoms with Gasteiger partial charge in [0, 0.05) is 29.8 Å². The van der Waals surface area contributed by atoms with Gasteiger partial charge in [0.15, 0.2) is 5.78 Å². The van der Waals surface area contributed by atoms with Crippen LogP contribution in [0.2, 0.25) is 0 Å². The number of carbonyl (C=O) groups excluding carboxylic acids is 1. The van der Waals surface area contributed by atoms with Crippen LogP contribution in [0.1, 0.15) is 67.0 Å². The maximum absolute atomic E-state index is 12.9. The van der Waals surface area contributed by atoms with Crippen LogP contribution >= 0.6 is 0 Å². The molecule has 3 fully saturated rings. The fourth-order valence-corrected chi connectivity index (χ4v) is 4.43. The highest BCUT2D eigenvalue weighted by molar-refractivity contribution is 5.96. The van der Waals surface area contributed by atoms with Crippen LogP contribution in [0.25, 0.3) is 5.78 Å². The van der Waals surface area contributed by atoms with Crippen LogP contribution in [0.3, 0.4) is 0 Å². The molecule has 8 heteroatoms. The predicted molar refractivity (Wildman–Crippen MR) is 105 cm³/mol. The van der Waals surface area contributed by atoms with Gasteiger partial charge < -0.3 is 4.74 Å². The minimum atomic E-state index is -2.73. The summed E-state index contributed by atoms with van der Waals surface area (Å²) in [6.07, 6.45) is 4.43. The van der Waals surface area contributed by atoms with E-state index in [0.717, 1.165) is 11.6 Å². The zero-order valence-corrected chi connectivity index (χ0v) is 16.8. The minimum absolute atomic E-state index is 0.00332. The number of carbonyl (C=O) groups is 1. The topological polar surface area (TPSA) is 69.4 Å². The summed E-state index contributed by atoms with van der Waals surface area (Å²) in [6.45, 7) is 3.76. The maximum Gasteiger partial charge on any atom is 0.280 e. The Morgan fingerprint density at radius 3 is 2.60 bits per heavy atom. The molecule has 0 N–H and O–H groups in total. The number of imidazole rings is 1. The number of hydrogen-bond donors (Lipinski definition) is 0. The van der Waals surface area contributed by atoms with Crippen LogP contribution in [0, 0.1) is 5.92 Å². The highest BCUT2D eigenvalue weighted by atomic mass is 19.3. The molecule has 156 valence electrons. The highest BCUT2D eigenvalue weighted by Gasteiger charge is 2.58. The van der Waals surface area contributed by atoms with E-state index >= 15 is 0 Å². The van der Waals surface area contributed by atoms with Crippen LogP contribution < -0.4 is 4.74 Å². The van der Waals surface area contributed by atoms with Gasteiger partial charge in [0.05, 0.1) is 11.8 Å². The van der Waals surface area contributed by atoms with Crippen molar-refractivity contribution in [3.05, 3.63) is 53.2 Å². The molecule has 6 rings (SSSR count). The first-order chi connectivity index (χ1) is 14.3. The van der Waals surface area contributed by atoms with E-state index in [1.54, 1.807) is 6.20 Å². The Kier molecular flexibility index (Phi) is 4.34. The third-order valence-electron chi connectivity index (χ3n) is 6.04. The Morgan fingerprint density at radius 1 is 1.20 bits per heavy atom. The van der Waals surface area contributed by atoms with Gasteiger partial charge in [-0.05, 0) is 51.2 Å². The monoisotopic (exact) mass is 412 g/mol. The van der Waals surface area contributed by atoms with Crippen molar-refractivity contribution in [2.45, 2.75) is 57.5 Å². The predicted octanol–water partition coefficient (Wildman–Crippen LogP) is 4.33. The average Bonchev–Trinajstić information content (AvgIpc) is 3.01. The zero-order chi connectivity index (χ0) is 21.0. The van der Waals surface area contributed by atoms with E-state index in [2.05, 4.69) is 9.97 Å². The second kappa shape index (κ2) is 6.82. The summed E-state index contributed by atoms with van der Waals surface area (Å²) in [7, 11) is 0. The number of hydrogen-bond acceptors (Lipinski definition) is 5. The third-order valence-corrected chi connectivity index (χ3v) is 6.04. The lowest BCUT2D eigenvalue weighted by atomic mass is 9.43. The van der Waals surface area contributed by atoms with E-state index in [-0.39, 0.29) is 29.4 Å². The SMILES string of the molecule is CC(C)Oc1nc2nc(C34CC(C3)C4)cn2cc1CC(=O)c1cccc(C(F)F)n1. The number of halogens is 2. The fraction of sp³-hybridized carbons (Fsp3) is 0.455. The van der Waals surface area contributed by atoms with Crippen molar-refractivity contribution in [3.8, 4) is 5.88 Å². The van der Waals surface area contributed by atoms with Crippen LogP contribution in [-0.2, 0) is 11.8 Å². The Bertz CT molecular complexity index is 1120. The summed E-state index contributed by atoms with van der Waals surface area (Å²) in [5.74, 6) is 1.35. The van der Waals surface area contributed by atoms with Crippen molar-refractivity contribution in [1.29, 1.82) is 0 Å². The van der Waals surface area contributed by atoms with Gasteiger partial charge in [-0.2, -0.15) is 4.98 Å². The van der Waals surface area contributed by atoms with Gasteiger partial charge in [-0.1, -0.05) is 6.07 Å². The van der Waals surface area contributed by atoms with Crippen LogP contribution in [0.15, 0.2) is 30.6 Å². The zero-order valence-electron chi connectivity index (χ0n) is 16.8. The second-order valence-corrected chi connectivity index (χ2v) is 8.68. The molecule has 0 aliphatic heterocycles. The first-order valence-electron chi connectivity index (χ1n) is 10.2.